The van der Waals surface area contributed by atoms with E-state index in [9.17, 15) is 0 Å². The predicted molar refractivity (Wildman–Crippen MR) is 91.0 cm³/mol. The van der Waals surface area contributed by atoms with Gasteiger partial charge in [-0.3, -0.25) is 0 Å². The van der Waals surface area contributed by atoms with Gasteiger partial charge in [-0.15, -0.1) is 0 Å². The summed E-state index contributed by atoms with van der Waals surface area (Å²) < 4.78 is 6.24. The van der Waals surface area contributed by atoms with Crippen LogP contribution in [-0.2, 0) is 0 Å². The smallest absolute Gasteiger partial charge is 0.133 e. The van der Waals surface area contributed by atoms with Gasteiger partial charge in [-0.2, -0.15) is 0 Å². The molecule has 3 nitrogen and oxygen atoms in total. The average Bonchev–Trinajstić information content (AvgIpc) is 2.94. The molecule has 3 rings (SSSR count). The third kappa shape index (κ3) is 2.90. The maximum Gasteiger partial charge on any atom is 0.133 e. The van der Waals surface area contributed by atoms with Gasteiger partial charge in [0.15, 0.2) is 0 Å². The van der Waals surface area contributed by atoms with Crippen LogP contribution in [0.4, 0.5) is 5.69 Å². The Morgan fingerprint density at radius 3 is 2.76 bits per heavy atom. The zero-order valence-electron chi connectivity index (χ0n) is 12.0. The van der Waals surface area contributed by atoms with E-state index < -0.39 is 0 Å². The highest BCUT2D eigenvalue weighted by molar-refractivity contribution is 9.10. The summed E-state index contributed by atoms with van der Waals surface area (Å²) in [5, 5.41) is 4.74. The first-order chi connectivity index (χ1) is 10.2. The van der Waals surface area contributed by atoms with E-state index in [2.05, 4.69) is 69.6 Å². The molecule has 1 atom stereocenters. The molecule has 0 radical (unpaired) electrons. The summed E-state index contributed by atoms with van der Waals surface area (Å²) in [6.07, 6.45) is 1.96. The zero-order chi connectivity index (χ0) is 14.8. The van der Waals surface area contributed by atoms with Crippen LogP contribution in [0.3, 0.4) is 0 Å². The summed E-state index contributed by atoms with van der Waals surface area (Å²) in [6, 6.07) is 14.8. The van der Waals surface area contributed by atoms with Gasteiger partial charge in [0.2, 0.25) is 0 Å². The minimum atomic E-state index is 0.212. The highest BCUT2D eigenvalue weighted by Gasteiger charge is 2.09. The summed E-state index contributed by atoms with van der Waals surface area (Å²) in [6.45, 7) is 2.15. The second kappa shape index (κ2) is 5.82. The number of H-pyrrole nitrogens is 1. The van der Waals surface area contributed by atoms with Crippen LogP contribution in [0.2, 0.25) is 0 Å². The molecular weight excluding hydrogens is 328 g/mol. The van der Waals surface area contributed by atoms with Crippen LogP contribution in [0.15, 0.2) is 53.1 Å². The lowest BCUT2D eigenvalue weighted by Crippen LogP contribution is -2.06. The second-order valence-corrected chi connectivity index (χ2v) is 5.89. The Kier molecular flexibility index (Phi) is 3.88. The van der Waals surface area contributed by atoms with E-state index >= 15 is 0 Å². The van der Waals surface area contributed by atoms with Gasteiger partial charge < -0.3 is 15.0 Å². The van der Waals surface area contributed by atoms with Crippen molar-refractivity contribution in [3.05, 3.63) is 58.7 Å². The van der Waals surface area contributed by atoms with Crippen molar-refractivity contribution in [1.29, 1.82) is 0 Å². The fourth-order valence-electron chi connectivity index (χ4n) is 2.43. The van der Waals surface area contributed by atoms with Crippen LogP contribution in [0, 0.1) is 0 Å². The quantitative estimate of drug-likeness (QED) is 0.689. The summed E-state index contributed by atoms with van der Waals surface area (Å²) >= 11 is 3.53. The molecular formula is C17H17BrN2O. The predicted octanol–water partition coefficient (Wildman–Crippen LogP) is 5.11. The number of anilines is 1. The van der Waals surface area contributed by atoms with Crippen molar-refractivity contribution in [3.8, 4) is 5.75 Å². The van der Waals surface area contributed by atoms with Crippen molar-refractivity contribution in [2.45, 2.75) is 13.0 Å². The number of aromatic nitrogens is 1. The first kappa shape index (κ1) is 14.0. The molecule has 0 amide bonds. The van der Waals surface area contributed by atoms with Gasteiger partial charge >= 0.3 is 0 Å². The molecule has 3 aromatic rings. The lowest BCUT2D eigenvalue weighted by molar-refractivity contribution is 0.412. The molecule has 0 aliphatic rings. The molecule has 0 saturated heterocycles. The van der Waals surface area contributed by atoms with Crippen LogP contribution in [0.1, 0.15) is 18.5 Å². The lowest BCUT2D eigenvalue weighted by Gasteiger charge is -2.17. The number of methoxy groups -OCH3 is 1. The number of hydrogen-bond donors (Lipinski definition) is 2. The minimum absolute atomic E-state index is 0.212. The Morgan fingerprint density at radius 1 is 1.14 bits per heavy atom. The van der Waals surface area contributed by atoms with Gasteiger partial charge in [0.1, 0.15) is 5.75 Å². The highest BCUT2D eigenvalue weighted by atomic mass is 79.9. The number of aromatic amines is 1. The van der Waals surface area contributed by atoms with E-state index in [4.69, 9.17) is 4.74 Å². The van der Waals surface area contributed by atoms with Crippen LogP contribution >= 0.6 is 15.9 Å². The van der Waals surface area contributed by atoms with Crippen molar-refractivity contribution in [2.24, 2.45) is 0 Å². The van der Waals surface area contributed by atoms with Crippen molar-refractivity contribution in [3.63, 3.8) is 0 Å². The fraction of sp³-hybridized carbons (Fsp3) is 0.176. The van der Waals surface area contributed by atoms with Gasteiger partial charge in [-0.1, -0.05) is 6.07 Å². The summed E-state index contributed by atoms with van der Waals surface area (Å²) in [5.41, 5.74) is 3.47. The van der Waals surface area contributed by atoms with Crippen molar-refractivity contribution in [2.75, 3.05) is 12.4 Å². The van der Waals surface area contributed by atoms with Crippen molar-refractivity contribution < 1.29 is 4.74 Å². The third-order valence-corrected chi connectivity index (χ3v) is 4.23. The van der Waals surface area contributed by atoms with E-state index in [0.717, 1.165) is 21.4 Å². The maximum atomic E-state index is 5.27. The number of rotatable bonds is 4. The van der Waals surface area contributed by atoms with E-state index in [-0.39, 0.29) is 6.04 Å². The first-order valence-electron chi connectivity index (χ1n) is 6.84. The van der Waals surface area contributed by atoms with Gasteiger partial charge in [0.05, 0.1) is 11.6 Å². The summed E-state index contributed by atoms with van der Waals surface area (Å²) in [4.78, 5) is 3.20. The number of fused-ring (bicyclic) bond motifs is 1. The molecule has 1 unspecified atom stereocenters. The Balaban J connectivity index is 1.81. The number of hydrogen-bond acceptors (Lipinski definition) is 2. The van der Waals surface area contributed by atoms with Crippen molar-refractivity contribution in [1.82, 2.24) is 4.98 Å². The monoisotopic (exact) mass is 344 g/mol. The molecule has 0 spiro atoms. The SMILES string of the molecule is COc1ccc(C(C)Nc2ccc3[nH]ccc3c2)cc1Br. The average molecular weight is 345 g/mol. The largest absolute Gasteiger partial charge is 0.496 e. The van der Waals surface area contributed by atoms with Crippen LogP contribution < -0.4 is 10.1 Å². The fourth-order valence-corrected chi connectivity index (χ4v) is 2.99. The molecule has 0 bridgehead atoms. The Labute approximate surface area is 132 Å². The normalized spacial score (nSPS) is 12.3. The van der Waals surface area contributed by atoms with E-state index in [1.54, 1.807) is 7.11 Å². The summed E-state index contributed by atoms with van der Waals surface area (Å²) in [7, 11) is 1.67. The topological polar surface area (TPSA) is 37.0 Å². The van der Waals surface area contributed by atoms with Crippen LogP contribution in [0.25, 0.3) is 10.9 Å². The van der Waals surface area contributed by atoms with E-state index in [1.807, 2.05) is 12.3 Å². The maximum absolute atomic E-state index is 5.27. The third-order valence-electron chi connectivity index (χ3n) is 3.61. The number of benzene rings is 2. The van der Waals surface area contributed by atoms with Crippen LogP contribution in [-0.4, -0.2) is 12.1 Å². The Hall–Kier alpha value is -1.94. The molecule has 108 valence electrons. The number of nitrogens with one attached hydrogen (secondary N) is 2. The molecule has 0 aliphatic heterocycles. The second-order valence-electron chi connectivity index (χ2n) is 5.04. The molecule has 4 heteroatoms. The molecule has 0 saturated carbocycles. The highest BCUT2D eigenvalue weighted by Crippen LogP contribution is 2.29. The zero-order valence-corrected chi connectivity index (χ0v) is 13.6. The van der Waals surface area contributed by atoms with Gasteiger partial charge in [-0.05, 0) is 64.8 Å². The standard InChI is InChI=1S/C17H17BrN2O/c1-11(12-3-6-17(21-2)15(18)10-12)20-14-4-5-16-13(9-14)7-8-19-16/h3-11,19-20H,1-2H3. The Morgan fingerprint density at radius 2 is 2.00 bits per heavy atom. The summed E-state index contributed by atoms with van der Waals surface area (Å²) in [5.74, 6) is 0.847. The number of halogens is 1. The molecule has 0 aliphatic carbocycles. The van der Waals surface area contributed by atoms with Crippen molar-refractivity contribution >= 4 is 32.5 Å². The lowest BCUT2D eigenvalue weighted by atomic mass is 10.1. The molecule has 2 aromatic carbocycles. The van der Waals surface area contributed by atoms with Gasteiger partial charge in [0, 0.05) is 28.8 Å². The van der Waals surface area contributed by atoms with E-state index in [0.29, 0.717) is 0 Å². The molecule has 1 aromatic heterocycles. The molecule has 2 N–H and O–H groups in total. The van der Waals surface area contributed by atoms with Crippen LogP contribution in [0.5, 0.6) is 5.75 Å². The molecule has 1 heterocycles. The molecule has 21 heavy (non-hydrogen) atoms. The Bertz CT molecular complexity index is 766. The molecule has 0 fully saturated rings. The first-order valence-corrected chi connectivity index (χ1v) is 7.64. The minimum Gasteiger partial charge on any atom is -0.496 e. The van der Waals surface area contributed by atoms with Gasteiger partial charge in [-0.25, -0.2) is 0 Å². The van der Waals surface area contributed by atoms with E-state index in [1.165, 1.54) is 10.9 Å². The van der Waals surface area contributed by atoms with Gasteiger partial charge in [0.25, 0.3) is 0 Å². The number of ether oxygens (including phenoxy) is 1.